The van der Waals surface area contributed by atoms with Crippen molar-refractivity contribution >= 4 is 29.2 Å². The van der Waals surface area contributed by atoms with Crippen LogP contribution in [-0.4, -0.2) is 18.5 Å². The van der Waals surface area contributed by atoms with E-state index < -0.39 is 11.9 Å². The van der Waals surface area contributed by atoms with Crippen LogP contribution in [0.4, 0.5) is 5.69 Å². The molecule has 5 heteroatoms. The Kier molecular flexibility index (Phi) is 6.45. The second kappa shape index (κ2) is 9.20. The lowest BCUT2D eigenvalue weighted by Crippen LogP contribution is -2.22. The molecule has 0 saturated heterocycles. The summed E-state index contributed by atoms with van der Waals surface area (Å²) in [5.41, 5.74) is 4.50. The number of amides is 1. The summed E-state index contributed by atoms with van der Waals surface area (Å²) < 4.78 is 5.08. The van der Waals surface area contributed by atoms with Gasteiger partial charge >= 0.3 is 5.97 Å². The molecule has 0 aromatic heterocycles. The van der Waals surface area contributed by atoms with Gasteiger partial charge in [0, 0.05) is 10.7 Å². The molecular weight excluding hydrogens is 374 g/mol. The molecule has 0 aliphatic rings. The molecule has 0 atom stereocenters. The molecule has 1 N–H and O–H groups in total. The summed E-state index contributed by atoms with van der Waals surface area (Å²) in [4.78, 5) is 24.0. The van der Waals surface area contributed by atoms with E-state index in [1.54, 1.807) is 12.1 Å². The fourth-order valence-corrected chi connectivity index (χ4v) is 2.90. The van der Waals surface area contributed by atoms with Gasteiger partial charge in [0.05, 0.1) is 6.42 Å². The maximum Gasteiger partial charge on any atom is 0.310 e. The number of rotatable bonds is 6. The van der Waals surface area contributed by atoms with Gasteiger partial charge < -0.3 is 10.1 Å². The lowest BCUT2D eigenvalue weighted by Gasteiger charge is -2.09. The van der Waals surface area contributed by atoms with Crippen molar-refractivity contribution in [2.24, 2.45) is 0 Å². The van der Waals surface area contributed by atoms with Crippen LogP contribution in [0.2, 0.25) is 5.02 Å². The van der Waals surface area contributed by atoms with Crippen LogP contribution in [-0.2, 0) is 20.7 Å². The Hall–Kier alpha value is -3.11. The molecule has 3 aromatic carbocycles. The monoisotopic (exact) mass is 393 g/mol. The van der Waals surface area contributed by atoms with Crippen molar-refractivity contribution in [1.29, 1.82) is 0 Å². The van der Waals surface area contributed by atoms with Crippen molar-refractivity contribution in [3.8, 4) is 11.1 Å². The Balaban J connectivity index is 1.50. The Morgan fingerprint density at radius 3 is 2.32 bits per heavy atom. The summed E-state index contributed by atoms with van der Waals surface area (Å²) in [5, 5.41) is 3.22. The molecule has 0 aliphatic heterocycles. The van der Waals surface area contributed by atoms with Gasteiger partial charge in [-0.3, -0.25) is 9.59 Å². The fourth-order valence-electron chi connectivity index (χ4n) is 2.72. The van der Waals surface area contributed by atoms with Crippen LogP contribution in [0.25, 0.3) is 11.1 Å². The van der Waals surface area contributed by atoms with Gasteiger partial charge in [-0.25, -0.2) is 0 Å². The predicted octanol–water partition coefficient (Wildman–Crippen LogP) is 5.04. The molecular formula is C23H20ClNO3. The average molecular weight is 394 g/mol. The summed E-state index contributed by atoms with van der Waals surface area (Å²) in [6.07, 6.45) is 0.110. The Morgan fingerprint density at radius 1 is 0.929 bits per heavy atom. The Labute approximate surface area is 169 Å². The summed E-state index contributed by atoms with van der Waals surface area (Å²) in [7, 11) is 0. The van der Waals surface area contributed by atoms with Gasteiger partial charge in [-0.05, 0) is 41.3 Å². The number of nitrogens with one attached hydrogen (secondary N) is 1. The van der Waals surface area contributed by atoms with E-state index in [0.717, 1.165) is 22.3 Å². The molecule has 142 valence electrons. The molecule has 0 spiro atoms. The average Bonchev–Trinajstić information content (AvgIpc) is 2.70. The molecule has 0 bridgehead atoms. The van der Waals surface area contributed by atoms with Crippen molar-refractivity contribution in [3.63, 3.8) is 0 Å². The lowest BCUT2D eigenvalue weighted by molar-refractivity contribution is -0.146. The zero-order chi connectivity index (χ0) is 19.9. The molecule has 0 fully saturated rings. The summed E-state index contributed by atoms with van der Waals surface area (Å²) in [6.45, 7) is 1.52. The van der Waals surface area contributed by atoms with Crippen LogP contribution in [0.3, 0.4) is 0 Å². The van der Waals surface area contributed by atoms with E-state index in [-0.39, 0.29) is 13.0 Å². The predicted molar refractivity (Wildman–Crippen MR) is 111 cm³/mol. The van der Waals surface area contributed by atoms with Crippen LogP contribution in [0.15, 0.2) is 72.8 Å². The first-order valence-electron chi connectivity index (χ1n) is 8.87. The number of esters is 1. The molecule has 4 nitrogen and oxygen atoms in total. The second-order valence-electron chi connectivity index (χ2n) is 6.41. The number of halogens is 1. The highest BCUT2D eigenvalue weighted by molar-refractivity contribution is 6.31. The number of benzene rings is 3. The zero-order valence-electron chi connectivity index (χ0n) is 15.4. The van der Waals surface area contributed by atoms with E-state index in [9.17, 15) is 9.59 Å². The molecule has 28 heavy (non-hydrogen) atoms. The third-order valence-corrected chi connectivity index (χ3v) is 4.48. The van der Waals surface area contributed by atoms with Crippen LogP contribution < -0.4 is 5.32 Å². The molecule has 1 amide bonds. The molecule has 0 unspecified atom stereocenters. The number of aryl methyl sites for hydroxylation is 1. The van der Waals surface area contributed by atoms with Crippen molar-refractivity contribution in [1.82, 2.24) is 0 Å². The minimum Gasteiger partial charge on any atom is -0.455 e. The van der Waals surface area contributed by atoms with Gasteiger partial charge in [-0.15, -0.1) is 0 Å². The van der Waals surface area contributed by atoms with Crippen molar-refractivity contribution in [3.05, 3.63) is 88.9 Å². The zero-order valence-corrected chi connectivity index (χ0v) is 16.2. The molecule has 3 aromatic rings. The van der Waals surface area contributed by atoms with Gasteiger partial charge in [-0.1, -0.05) is 72.3 Å². The Bertz CT molecular complexity index is 969. The van der Waals surface area contributed by atoms with Crippen LogP contribution in [0.5, 0.6) is 0 Å². The maximum atomic E-state index is 12.0. The number of carbonyl (C=O) groups excluding carboxylic acids is 2. The van der Waals surface area contributed by atoms with Crippen LogP contribution in [0, 0.1) is 6.92 Å². The van der Waals surface area contributed by atoms with Gasteiger partial charge in [0.1, 0.15) is 0 Å². The molecule has 0 radical (unpaired) electrons. The van der Waals surface area contributed by atoms with E-state index in [2.05, 4.69) is 5.32 Å². The summed E-state index contributed by atoms with van der Waals surface area (Å²) in [6, 6.07) is 22.9. The third-order valence-electron chi connectivity index (χ3n) is 4.25. The minimum absolute atomic E-state index is 0.110. The Morgan fingerprint density at radius 2 is 1.61 bits per heavy atom. The van der Waals surface area contributed by atoms with Gasteiger partial charge in [0.2, 0.25) is 0 Å². The van der Waals surface area contributed by atoms with Crippen molar-refractivity contribution in [2.45, 2.75) is 13.3 Å². The standard InChI is InChI=1S/C23H20ClNO3/c1-16-7-12-20(24)14-21(16)25-22(26)15-28-23(27)13-17-8-10-19(11-9-17)18-5-3-2-4-6-18/h2-12,14H,13,15H2,1H3,(H,25,26). The maximum absolute atomic E-state index is 12.0. The second-order valence-corrected chi connectivity index (χ2v) is 6.84. The SMILES string of the molecule is Cc1ccc(Cl)cc1NC(=O)COC(=O)Cc1ccc(-c2ccccc2)cc1. The molecule has 0 aliphatic carbocycles. The quantitative estimate of drug-likeness (QED) is 0.597. The van der Waals surface area contributed by atoms with E-state index in [1.807, 2.05) is 67.6 Å². The van der Waals surface area contributed by atoms with Crippen molar-refractivity contribution < 1.29 is 14.3 Å². The van der Waals surface area contributed by atoms with E-state index in [0.29, 0.717) is 10.7 Å². The first kappa shape index (κ1) is 19.6. The normalized spacial score (nSPS) is 10.4. The topological polar surface area (TPSA) is 55.4 Å². The van der Waals surface area contributed by atoms with E-state index >= 15 is 0 Å². The van der Waals surface area contributed by atoms with Crippen LogP contribution >= 0.6 is 11.6 Å². The largest absolute Gasteiger partial charge is 0.455 e. The van der Waals surface area contributed by atoms with Gasteiger partial charge in [0.15, 0.2) is 6.61 Å². The fraction of sp³-hybridized carbons (Fsp3) is 0.130. The number of anilines is 1. The van der Waals surface area contributed by atoms with E-state index in [1.165, 1.54) is 0 Å². The van der Waals surface area contributed by atoms with Gasteiger partial charge in [0.25, 0.3) is 5.91 Å². The first-order valence-corrected chi connectivity index (χ1v) is 9.25. The van der Waals surface area contributed by atoms with Crippen LogP contribution in [0.1, 0.15) is 11.1 Å². The first-order chi connectivity index (χ1) is 13.5. The van der Waals surface area contributed by atoms with Crippen molar-refractivity contribution in [2.75, 3.05) is 11.9 Å². The molecule has 0 saturated carbocycles. The number of ether oxygens (including phenoxy) is 1. The van der Waals surface area contributed by atoms with Gasteiger partial charge in [-0.2, -0.15) is 0 Å². The highest BCUT2D eigenvalue weighted by Crippen LogP contribution is 2.21. The summed E-state index contributed by atoms with van der Waals surface area (Å²) in [5.74, 6) is -0.858. The molecule has 3 rings (SSSR count). The number of carbonyl (C=O) groups is 2. The number of hydrogen-bond acceptors (Lipinski definition) is 3. The molecule has 0 heterocycles. The summed E-state index contributed by atoms with van der Waals surface area (Å²) >= 11 is 5.93. The highest BCUT2D eigenvalue weighted by atomic mass is 35.5. The lowest BCUT2D eigenvalue weighted by atomic mass is 10.0. The smallest absolute Gasteiger partial charge is 0.310 e. The number of hydrogen-bond donors (Lipinski definition) is 1. The minimum atomic E-state index is -0.453. The highest BCUT2D eigenvalue weighted by Gasteiger charge is 2.10. The van der Waals surface area contributed by atoms with E-state index in [4.69, 9.17) is 16.3 Å². The third kappa shape index (κ3) is 5.44.